The van der Waals surface area contributed by atoms with Crippen LogP contribution < -0.4 is 4.74 Å². The first kappa shape index (κ1) is 14.8. The van der Waals surface area contributed by atoms with Crippen LogP contribution in [0, 0.1) is 23.6 Å². The van der Waals surface area contributed by atoms with Crippen LogP contribution in [-0.2, 0) is 0 Å². The highest BCUT2D eigenvalue weighted by molar-refractivity contribution is 9.10. The van der Waals surface area contributed by atoms with Gasteiger partial charge in [-0.1, -0.05) is 27.2 Å². The fourth-order valence-corrected chi connectivity index (χ4v) is 3.19. The number of pyridine rings is 1. The molecule has 0 spiro atoms. The van der Waals surface area contributed by atoms with Gasteiger partial charge < -0.3 is 4.74 Å². The van der Waals surface area contributed by atoms with Gasteiger partial charge in [0.15, 0.2) is 5.82 Å². The van der Waals surface area contributed by atoms with Crippen LogP contribution >= 0.6 is 15.9 Å². The summed E-state index contributed by atoms with van der Waals surface area (Å²) in [6, 6.07) is 1.40. The number of aromatic nitrogens is 1. The first-order valence-corrected chi connectivity index (χ1v) is 7.74. The molecule has 106 valence electrons. The predicted octanol–water partition coefficient (Wildman–Crippen LogP) is 4.82. The monoisotopic (exact) mass is 329 g/mol. The van der Waals surface area contributed by atoms with E-state index in [-0.39, 0.29) is 12.0 Å². The molecule has 0 radical (unpaired) electrons. The fourth-order valence-electron chi connectivity index (χ4n) is 2.88. The van der Waals surface area contributed by atoms with Gasteiger partial charge >= 0.3 is 0 Å². The molecule has 4 heteroatoms. The molecule has 1 aromatic rings. The van der Waals surface area contributed by atoms with Gasteiger partial charge in [0.2, 0.25) is 0 Å². The molecule has 0 saturated heterocycles. The van der Waals surface area contributed by atoms with Crippen LogP contribution in [0.3, 0.4) is 0 Å². The molecule has 1 aliphatic rings. The van der Waals surface area contributed by atoms with Crippen molar-refractivity contribution < 1.29 is 9.13 Å². The molecule has 2 rings (SSSR count). The highest BCUT2D eigenvalue weighted by atomic mass is 79.9. The molecular weight excluding hydrogens is 309 g/mol. The van der Waals surface area contributed by atoms with Gasteiger partial charge in [0.25, 0.3) is 5.88 Å². The third-order valence-electron chi connectivity index (χ3n) is 4.00. The lowest BCUT2D eigenvalue weighted by Gasteiger charge is -2.37. The maximum absolute atomic E-state index is 13.8. The largest absolute Gasteiger partial charge is 0.472 e. The van der Waals surface area contributed by atoms with E-state index in [9.17, 15) is 4.39 Å². The molecule has 0 bridgehead atoms. The van der Waals surface area contributed by atoms with E-state index in [1.807, 2.05) is 0 Å². The van der Waals surface area contributed by atoms with Gasteiger partial charge in [0, 0.05) is 10.7 Å². The average Bonchev–Trinajstić information content (AvgIpc) is 2.32. The van der Waals surface area contributed by atoms with Crippen LogP contribution in [0.15, 0.2) is 16.7 Å². The van der Waals surface area contributed by atoms with Crippen LogP contribution in [0.5, 0.6) is 5.88 Å². The Labute approximate surface area is 122 Å². The van der Waals surface area contributed by atoms with E-state index in [1.165, 1.54) is 12.5 Å². The molecular formula is C15H21BrFNO. The van der Waals surface area contributed by atoms with Crippen molar-refractivity contribution in [3.8, 4) is 5.88 Å². The van der Waals surface area contributed by atoms with E-state index >= 15 is 0 Å². The number of ether oxygens (including phenoxy) is 1. The Morgan fingerprint density at radius 1 is 1.42 bits per heavy atom. The van der Waals surface area contributed by atoms with Gasteiger partial charge in [-0.25, -0.2) is 9.37 Å². The van der Waals surface area contributed by atoms with Crippen LogP contribution in [0.1, 0.15) is 40.0 Å². The minimum atomic E-state index is -0.393. The second-order valence-electron chi connectivity index (χ2n) is 5.92. The van der Waals surface area contributed by atoms with Crippen molar-refractivity contribution in [1.29, 1.82) is 0 Å². The van der Waals surface area contributed by atoms with Crippen molar-refractivity contribution in [1.82, 2.24) is 4.98 Å². The number of rotatable bonds is 3. The van der Waals surface area contributed by atoms with Gasteiger partial charge in [-0.15, -0.1) is 0 Å². The minimum absolute atomic E-state index is 0.0759. The topological polar surface area (TPSA) is 22.1 Å². The predicted molar refractivity (Wildman–Crippen MR) is 77.7 cm³/mol. The maximum atomic E-state index is 13.8. The molecule has 0 amide bonds. The van der Waals surface area contributed by atoms with Gasteiger partial charge in [-0.2, -0.15) is 0 Å². The molecule has 19 heavy (non-hydrogen) atoms. The molecule has 3 atom stereocenters. The molecule has 0 aliphatic heterocycles. The molecule has 1 aromatic heterocycles. The molecule has 1 heterocycles. The van der Waals surface area contributed by atoms with E-state index in [2.05, 4.69) is 41.7 Å². The summed E-state index contributed by atoms with van der Waals surface area (Å²) in [5.41, 5.74) is 0. The lowest BCUT2D eigenvalue weighted by atomic mass is 9.75. The van der Waals surface area contributed by atoms with Crippen molar-refractivity contribution >= 4 is 15.9 Å². The molecule has 0 N–H and O–H groups in total. The van der Waals surface area contributed by atoms with Crippen LogP contribution in [-0.4, -0.2) is 11.1 Å². The highest BCUT2D eigenvalue weighted by Gasteiger charge is 2.33. The molecule has 0 aromatic carbocycles. The van der Waals surface area contributed by atoms with Crippen LogP contribution in [0.2, 0.25) is 0 Å². The quantitative estimate of drug-likeness (QED) is 0.792. The van der Waals surface area contributed by atoms with Gasteiger partial charge in [-0.05, 0) is 52.6 Å². The maximum Gasteiger partial charge on any atom is 0.250 e. The zero-order chi connectivity index (χ0) is 14.0. The zero-order valence-electron chi connectivity index (χ0n) is 11.7. The van der Waals surface area contributed by atoms with E-state index < -0.39 is 5.82 Å². The van der Waals surface area contributed by atoms with E-state index in [0.29, 0.717) is 22.2 Å². The fraction of sp³-hybridized carbons (Fsp3) is 0.667. The Bertz CT molecular complexity index is 438. The first-order chi connectivity index (χ1) is 8.97. The summed E-state index contributed by atoms with van der Waals surface area (Å²) in [5, 5.41) is 0. The summed E-state index contributed by atoms with van der Waals surface area (Å²) in [7, 11) is 0. The summed E-state index contributed by atoms with van der Waals surface area (Å²) in [4.78, 5) is 4.05. The van der Waals surface area contributed by atoms with Crippen LogP contribution in [0.25, 0.3) is 0 Å². The van der Waals surface area contributed by atoms with Crippen molar-refractivity contribution in [2.45, 2.75) is 46.1 Å². The summed E-state index contributed by atoms with van der Waals surface area (Å²) < 4.78 is 20.3. The van der Waals surface area contributed by atoms with Gasteiger partial charge in [0.05, 0.1) is 0 Å². The van der Waals surface area contributed by atoms with E-state index in [0.717, 1.165) is 12.8 Å². The number of nitrogens with zero attached hydrogens (tertiary/aromatic N) is 1. The lowest BCUT2D eigenvalue weighted by Crippen LogP contribution is -2.36. The molecule has 2 nitrogen and oxygen atoms in total. The summed E-state index contributed by atoms with van der Waals surface area (Å²) in [5.74, 6) is 1.42. The smallest absolute Gasteiger partial charge is 0.250 e. The summed E-state index contributed by atoms with van der Waals surface area (Å²) in [6.45, 7) is 6.66. The molecule has 1 fully saturated rings. The number of hydrogen-bond donors (Lipinski definition) is 0. The van der Waals surface area contributed by atoms with Crippen molar-refractivity contribution in [3.63, 3.8) is 0 Å². The second-order valence-corrected chi connectivity index (χ2v) is 6.84. The molecule has 1 aliphatic carbocycles. The normalized spacial score (nSPS) is 27.6. The number of halogens is 2. The third-order valence-corrected chi connectivity index (χ3v) is 4.43. The summed E-state index contributed by atoms with van der Waals surface area (Å²) >= 11 is 3.21. The number of hydrogen-bond acceptors (Lipinski definition) is 2. The Hall–Kier alpha value is -0.640. The van der Waals surface area contributed by atoms with Gasteiger partial charge in [0.1, 0.15) is 6.10 Å². The van der Waals surface area contributed by atoms with Crippen molar-refractivity contribution in [2.24, 2.45) is 17.8 Å². The average molecular weight is 330 g/mol. The summed E-state index contributed by atoms with van der Waals surface area (Å²) in [6.07, 6.45) is 5.03. The van der Waals surface area contributed by atoms with E-state index in [1.54, 1.807) is 6.20 Å². The standard InChI is InChI=1S/C15H21BrFNO/c1-9(2)12-5-4-10(3)6-14(12)19-15-13(17)7-11(16)8-18-15/h7-10,12,14H,4-6H2,1-3H3. The molecule has 3 unspecified atom stereocenters. The van der Waals surface area contributed by atoms with Crippen molar-refractivity contribution in [2.75, 3.05) is 0 Å². The Morgan fingerprint density at radius 3 is 2.79 bits per heavy atom. The first-order valence-electron chi connectivity index (χ1n) is 6.95. The minimum Gasteiger partial charge on any atom is -0.472 e. The zero-order valence-corrected chi connectivity index (χ0v) is 13.3. The Morgan fingerprint density at radius 2 is 2.16 bits per heavy atom. The molecule has 1 saturated carbocycles. The Kier molecular flexibility index (Phi) is 4.82. The lowest BCUT2D eigenvalue weighted by molar-refractivity contribution is 0.0394. The highest BCUT2D eigenvalue weighted by Crippen LogP contribution is 2.36. The Balaban J connectivity index is 2.14. The second kappa shape index (κ2) is 6.21. The van der Waals surface area contributed by atoms with Crippen molar-refractivity contribution in [3.05, 3.63) is 22.6 Å². The van der Waals surface area contributed by atoms with Gasteiger partial charge in [-0.3, -0.25) is 0 Å². The van der Waals surface area contributed by atoms with Crippen LogP contribution in [0.4, 0.5) is 4.39 Å². The van der Waals surface area contributed by atoms with E-state index in [4.69, 9.17) is 4.74 Å². The third kappa shape index (κ3) is 3.68. The SMILES string of the molecule is CC1CCC(C(C)C)C(Oc2ncc(Br)cc2F)C1.